The Hall–Kier alpha value is -0.910. The summed E-state index contributed by atoms with van der Waals surface area (Å²) >= 11 is 12.5. The first-order valence-electron chi connectivity index (χ1n) is 4.93. The maximum absolute atomic E-state index is 12.0. The highest BCUT2D eigenvalue weighted by atomic mass is 79.9. The lowest BCUT2D eigenvalue weighted by molar-refractivity contribution is 0.102. The van der Waals surface area contributed by atoms with Crippen LogP contribution in [0.15, 0.2) is 45.6 Å². The Kier molecular flexibility index (Phi) is 4.37. The highest BCUT2D eigenvalue weighted by Gasteiger charge is 2.08. The molecule has 0 aliphatic rings. The molecule has 1 aromatic heterocycles. The van der Waals surface area contributed by atoms with E-state index in [1.807, 2.05) is 0 Å². The number of hydrogen-bond donors (Lipinski definition) is 1. The minimum atomic E-state index is -0.232. The Bertz CT molecular complexity index is 604. The third-order valence-electron chi connectivity index (χ3n) is 2.14. The van der Waals surface area contributed by atoms with Crippen molar-refractivity contribution < 1.29 is 4.79 Å². The molecule has 0 fully saturated rings. The van der Waals surface area contributed by atoms with E-state index in [-0.39, 0.29) is 5.91 Å². The van der Waals surface area contributed by atoms with Gasteiger partial charge < -0.3 is 5.32 Å². The number of nitrogens with one attached hydrogen (secondary N) is 1. The summed E-state index contributed by atoms with van der Waals surface area (Å²) in [5.74, 6) is -0.232. The molecule has 1 N–H and O–H groups in total. The molecule has 1 amide bonds. The zero-order valence-electron chi connectivity index (χ0n) is 8.95. The van der Waals surface area contributed by atoms with Crippen molar-refractivity contribution in [1.82, 2.24) is 4.98 Å². The maximum atomic E-state index is 12.0. The smallest absolute Gasteiger partial charge is 0.255 e. The number of halogens is 3. The van der Waals surface area contributed by atoms with E-state index in [2.05, 4.69) is 42.2 Å². The molecule has 2 rings (SSSR count). The molecule has 0 unspecified atom stereocenters. The van der Waals surface area contributed by atoms with Gasteiger partial charge in [-0.15, -0.1) is 0 Å². The molecule has 0 atom stereocenters. The van der Waals surface area contributed by atoms with Crippen LogP contribution in [0.3, 0.4) is 0 Å². The summed E-state index contributed by atoms with van der Waals surface area (Å²) in [4.78, 5) is 15.9. The summed E-state index contributed by atoms with van der Waals surface area (Å²) in [6.07, 6.45) is 3.22. The number of carbonyl (C=O) groups is 1. The zero-order chi connectivity index (χ0) is 13.1. The predicted molar refractivity (Wildman–Crippen MR) is 79.0 cm³/mol. The van der Waals surface area contributed by atoms with E-state index in [1.165, 1.54) is 0 Å². The molecular formula is C12H7Br2ClN2O. The van der Waals surface area contributed by atoms with Crippen molar-refractivity contribution in [2.75, 3.05) is 5.32 Å². The van der Waals surface area contributed by atoms with Crippen LogP contribution < -0.4 is 5.32 Å². The second-order valence-corrected chi connectivity index (χ2v) is 5.65. The first kappa shape index (κ1) is 13.5. The molecule has 1 heterocycles. The van der Waals surface area contributed by atoms with E-state index in [1.54, 1.807) is 36.7 Å². The van der Waals surface area contributed by atoms with E-state index in [0.29, 0.717) is 16.3 Å². The third kappa shape index (κ3) is 3.31. The number of hydrogen-bond acceptors (Lipinski definition) is 2. The molecule has 6 heteroatoms. The number of aromatic nitrogens is 1. The van der Waals surface area contributed by atoms with E-state index < -0.39 is 0 Å². The monoisotopic (exact) mass is 388 g/mol. The van der Waals surface area contributed by atoms with Gasteiger partial charge in [-0.25, -0.2) is 0 Å². The van der Waals surface area contributed by atoms with Crippen LogP contribution in [0, 0.1) is 0 Å². The quantitative estimate of drug-likeness (QED) is 0.820. The van der Waals surface area contributed by atoms with Crippen LogP contribution in [0.5, 0.6) is 0 Å². The summed E-state index contributed by atoms with van der Waals surface area (Å²) < 4.78 is 1.55. The first-order chi connectivity index (χ1) is 8.56. The van der Waals surface area contributed by atoms with Crippen LogP contribution in [0.4, 0.5) is 5.69 Å². The molecule has 92 valence electrons. The van der Waals surface area contributed by atoms with Crippen molar-refractivity contribution in [1.29, 1.82) is 0 Å². The van der Waals surface area contributed by atoms with Gasteiger partial charge in [-0.05, 0) is 56.1 Å². The Balaban J connectivity index is 2.19. The lowest BCUT2D eigenvalue weighted by atomic mass is 10.2. The minimum Gasteiger partial charge on any atom is -0.321 e. The predicted octanol–water partition coefficient (Wildman–Crippen LogP) is 4.51. The fourth-order valence-corrected chi connectivity index (χ4v) is 2.11. The number of benzene rings is 1. The second-order valence-electron chi connectivity index (χ2n) is 3.47. The molecule has 0 aliphatic carbocycles. The largest absolute Gasteiger partial charge is 0.321 e. The number of amides is 1. The lowest BCUT2D eigenvalue weighted by Crippen LogP contribution is -2.11. The molecule has 0 aliphatic heterocycles. The van der Waals surface area contributed by atoms with Crippen LogP contribution >= 0.6 is 43.5 Å². The van der Waals surface area contributed by atoms with Crippen LogP contribution in [0.1, 0.15) is 10.4 Å². The average molecular weight is 390 g/mol. The topological polar surface area (TPSA) is 42.0 Å². The van der Waals surface area contributed by atoms with Crippen molar-refractivity contribution in [2.24, 2.45) is 0 Å². The fourth-order valence-electron chi connectivity index (χ4n) is 1.32. The number of rotatable bonds is 2. The Morgan fingerprint density at radius 2 is 2.00 bits per heavy atom. The van der Waals surface area contributed by atoms with Gasteiger partial charge >= 0.3 is 0 Å². The zero-order valence-corrected chi connectivity index (χ0v) is 12.9. The van der Waals surface area contributed by atoms with Gasteiger partial charge in [0.25, 0.3) is 5.91 Å². The van der Waals surface area contributed by atoms with E-state index in [0.717, 1.165) is 8.95 Å². The van der Waals surface area contributed by atoms with Gasteiger partial charge in [0.2, 0.25) is 0 Å². The molecule has 0 radical (unpaired) electrons. The van der Waals surface area contributed by atoms with Crippen molar-refractivity contribution >= 4 is 55.1 Å². The first-order valence-corrected chi connectivity index (χ1v) is 6.89. The van der Waals surface area contributed by atoms with Gasteiger partial charge in [-0.2, -0.15) is 0 Å². The van der Waals surface area contributed by atoms with E-state index in [4.69, 9.17) is 11.6 Å². The highest BCUT2D eigenvalue weighted by molar-refractivity contribution is 9.10. The van der Waals surface area contributed by atoms with Crippen LogP contribution in [0.2, 0.25) is 5.02 Å². The number of anilines is 1. The Morgan fingerprint density at radius 1 is 1.22 bits per heavy atom. The second kappa shape index (κ2) is 5.82. The van der Waals surface area contributed by atoms with Gasteiger partial charge in [-0.1, -0.05) is 11.6 Å². The summed E-state index contributed by atoms with van der Waals surface area (Å²) in [6.45, 7) is 0. The molecule has 1 aromatic carbocycles. The number of nitrogens with zero attached hydrogens (tertiary/aromatic N) is 1. The number of carbonyl (C=O) groups excluding carboxylic acids is 1. The molecule has 3 nitrogen and oxygen atoms in total. The lowest BCUT2D eigenvalue weighted by Gasteiger charge is -2.06. The molecule has 18 heavy (non-hydrogen) atoms. The summed E-state index contributed by atoms with van der Waals surface area (Å²) in [6, 6.07) is 6.80. The van der Waals surface area contributed by atoms with E-state index >= 15 is 0 Å². The summed E-state index contributed by atoms with van der Waals surface area (Å²) in [5.41, 5.74) is 1.11. The van der Waals surface area contributed by atoms with Crippen molar-refractivity contribution in [2.45, 2.75) is 0 Å². The molecule has 2 aromatic rings. The Morgan fingerprint density at radius 3 is 2.67 bits per heavy atom. The minimum absolute atomic E-state index is 0.232. The Labute approximate surface area is 126 Å². The van der Waals surface area contributed by atoms with Crippen LogP contribution in [0.25, 0.3) is 0 Å². The van der Waals surface area contributed by atoms with Crippen molar-refractivity contribution in [3.63, 3.8) is 0 Å². The summed E-state index contributed by atoms with van der Waals surface area (Å²) in [5, 5.41) is 3.24. The number of pyridine rings is 1. The van der Waals surface area contributed by atoms with Crippen molar-refractivity contribution in [3.8, 4) is 0 Å². The van der Waals surface area contributed by atoms with Gasteiger partial charge in [-0.3, -0.25) is 9.78 Å². The SMILES string of the molecule is O=C(Nc1cncc(Br)c1)c1ccc(Br)c(Cl)c1. The fraction of sp³-hybridized carbons (Fsp3) is 0. The van der Waals surface area contributed by atoms with E-state index in [9.17, 15) is 4.79 Å². The standard InChI is InChI=1S/C12H7Br2ClN2O/c13-8-4-9(6-16-5-8)17-12(18)7-1-2-10(14)11(15)3-7/h1-6H,(H,17,18). The average Bonchev–Trinajstić information content (AvgIpc) is 2.32. The van der Waals surface area contributed by atoms with Gasteiger partial charge in [0.15, 0.2) is 0 Å². The van der Waals surface area contributed by atoms with Crippen molar-refractivity contribution in [3.05, 3.63) is 56.2 Å². The van der Waals surface area contributed by atoms with Gasteiger partial charge in [0, 0.05) is 20.7 Å². The third-order valence-corrected chi connectivity index (χ3v) is 3.81. The van der Waals surface area contributed by atoms with Crippen LogP contribution in [-0.2, 0) is 0 Å². The highest BCUT2D eigenvalue weighted by Crippen LogP contribution is 2.23. The molecule has 0 bridgehead atoms. The maximum Gasteiger partial charge on any atom is 0.255 e. The molecule has 0 spiro atoms. The van der Waals surface area contributed by atoms with Crippen LogP contribution in [-0.4, -0.2) is 10.9 Å². The molecule has 0 saturated heterocycles. The van der Waals surface area contributed by atoms with Gasteiger partial charge in [0.05, 0.1) is 16.9 Å². The molecular weight excluding hydrogens is 383 g/mol. The summed E-state index contributed by atoms with van der Waals surface area (Å²) in [7, 11) is 0. The van der Waals surface area contributed by atoms with Gasteiger partial charge in [0.1, 0.15) is 0 Å². The normalized spacial score (nSPS) is 10.2. The molecule has 0 saturated carbocycles.